The Morgan fingerprint density at radius 2 is 1.33 bits per heavy atom. The third-order valence-corrected chi connectivity index (χ3v) is 5.66. The molecule has 3 rings (SSSR count). The number of hydrogen-bond acceptors (Lipinski definition) is 8. The molecule has 33 heavy (non-hydrogen) atoms. The highest BCUT2D eigenvalue weighted by atomic mass is 35.5. The van der Waals surface area contributed by atoms with Crippen LogP contribution in [0.2, 0.25) is 10.0 Å². The first kappa shape index (κ1) is 26.3. The van der Waals surface area contributed by atoms with Crippen molar-refractivity contribution in [2.45, 2.75) is 19.3 Å². The van der Waals surface area contributed by atoms with Crippen LogP contribution in [-0.4, -0.2) is 51.3 Å². The first-order valence-corrected chi connectivity index (χ1v) is 10.8. The van der Waals surface area contributed by atoms with E-state index in [1.54, 1.807) is 31.1 Å². The molecular weight excluding hydrogens is 475 g/mol. The second-order valence-corrected chi connectivity index (χ2v) is 8.22. The maximum Gasteiger partial charge on any atom is 0.294 e. The van der Waals surface area contributed by atoms with Gasteiger partial charge in [-0.05, 0) is 19.3 Å². The number of nitro groups is 2. The van der Waals surface area contributed by atoms with Gasteiger partial charge in [0.05, 0.1) is 34.1 Å². The average molecular weight is 501 g/mol. The standard InChI is InChI=1S/C12H15ClN2O3.C9H11ClN2O3/c1-18-12-8-10(14-5-3-2-4-6-14)11(15(16)17)7-9(12)13;1-11(2)7-5-9(15-3)6(10)4-8(7)12(13)14/h7-8H,2-6H2,1H3;4-5H,1-3H3. The maximum absolute atomic E-state index is 11.1. The molecule has 0 N–H and O–H groups in total. The number of anilines is 2. The molecule has 0 radical (unpaired) electrons. The third kappa shape index (κ3) is 6.52. The predicted molar refractivity (Wildman–Crippen MR) is 130 cm³/mol. The van der Waals surface area contributed by atoms with Crippen molar-refractivity contribution in [2.24, 2.45) is 0 Å². The van der Waals surface area contributed by atoms with Gasteiger partial charge in [-0.1, -0.05) is 23.2 Å². The molecule has 0 saturated carbocycles. The minimum atomic E-state index is -0.472. The van der Waals surface area contributed by atoms with Crippen molar-refractivity contribution >= 4 is 46.0 Å². The smallest absolute Gasteiger partial charge is 0.294 e. The molecule has 0 amide bonds. The van der Waals surface area contributed by atoms with Crippen molar-refractivity contribution in [1.82, 2.24) is 0 Å². The minimum Gasteiger partial charge on any atom is -0.495 e. The normalized spacial score (nSPS) is 13.0. The summed E-state index contributed by atoms with van der Waals surface area (Å²) in [6, 6.07) is 5.85. The number of halogens is 2. The van der Waals surface area contributed by atoms with Gasteiger partial charge in [0.25, 0.3) is 11.4 Å². The van der Waals surface area contributed by atoms with Crippen LogP contribution in [0.3, 0.4) is 0 Å². The van der Waals surface area contributed by atoms with Crippen LogP contribution >= 0.6 is 23.2 Å². The zero-order valence-corrected chi connectivity index (χ0v) is 20.4. The lowest BCUT2D eigenvalue weighted by molar-refractivity contribution is -0.384. The molecule has 0 aliphatic carbocycles. The summed E-state index contributed by atoms with van der Waals surface area (Å²) in [5.74, 6) is 0.897. The summed E-state index contributed by atoms with van der Waals surface area (Å²) in [5.41, 5.74) is 1.07. The van der Waals surface area contributed by atoms with E-state index in [9.17, 15) is 20.2 Å². The fourth-order valence-electron chi connectivity index (χ4n) is 3.42. The Morgan fingerprint density at radius 1 is 0.848 bits per heavy atom. The van der Waals surface area contributed by atoms with Crippen LogP contribution in [0.15, 0.2) is 24.3 Å². The number of ether oxygens (including phenoxy) is 2. The highest BCUT2D eigenvalue weighted by molar-refractivity contribution is 6.32. The van der Waals surface area contributed by atoms with Crippen LogP contribution < -0.4 is 19.3 Å². The van der Waals surface area contributed by atoms with Crippen LogP contribution in [0.5, 0.6) is 11.5 Å². The van der Waals surface area contributed by atoms with Crippen LogP contribution in [0.1, 0.15) is 19.3 Å². The number of piperidine rings is 1. The van der Waals surface area contributed by atoms with Crippen molar-refractivity contribution in [1.29, 1.82) is 0 Å². The van der Waals surface area contributed by atoms with Crippen LogP contribution in [0, 0.1) is 20.2 Å². The van der Waals surface area contributed by atoms with Gasteiger partial charge in [-0.15, -0.1) is 0 Å². The zero-order chi connectivity index (χ0) is 24.7. The Bertz CT molecular complexity index is 1010. The van der Waals surface area contributed by atoms with E-state index in [2.05, 4.69) is 0 Å². The van der Waals surface area contributed by atoms with E-state index in [4.69, 9.17) is 32.7 Å². The molecule has 1 heterocycles. The van der Waals surface area contributed by atoms with Gasteiger partial charge in [-0.25, -0.2) is 0 Å². The summed E-state index contributed by atoms with van der Waals surface area (Å²) in [7, 11) is 6.41. The summed E-state index contributed by atoms with van der Waals surface area (Å²) in [5, 5.41) is 22.4. The quantitative estimate of drug-likeness (QED) is 0.373. The Morgan fingerprint density at radius 3 is 1.79 bits per heavy atom. The van der Waals surface area contributed by atoms with E-state index in [1.807, 2.05) is 4.90 Å². The van der Waals surface area contributed by atoms with E-state index in [0.717, 1.165) is 25.9 Å². The lowest BCUT2D eigenvalue weighted by Crippen LogP contribution is -2.30. The number of benzene rings is 2. The summed E-state index contributed by atoms with van der Waals surface area (Å²) in [4.78, 5) is 24.7. The summed E-state index contributed by atoms with van der Waals surface area (Å²) >= 11 is 11.7. The van der Waals surface area contributed by atoms with Gasteiger partial charge in [0.1, 0.15) is 22.9 Å². The summed E-state index contributed by atoms with van der Waals surface area (Å²) in [6.45, 7) is 1.68. The van der Waals surface area contributed by atoms with Crippen LogP contribution in [0.4, 0.5) is 22.7 Å². The van der Waals surface area contributed by atoms with Gasteiger partial charge in [0.2, 0.25) is 0 Å². The Balaban J connectivity index is 0.000000238. The zero-order valence-electron chi connectivity index (χ0n) is 18.8. The van der Waals surface area contributed by atoms with Gasteiger partial charge >= 0.3 is 0 Å². The number of hydrogen-bond donors (Lipinski definition) is 0. The molecule has 10 nitrogen and oxygen atoms in total. The fourth-order valence-corrected chi connectivity index (χ4v) is 3.89. The number of methoxy groups -OCH3 is 2. The molecule has 1 aliphatic heterocycles. The van der Waals surface area contributed by atoms with Crippen molar-refractivity contribution in [3.8, 4) is 11.5 Å². The first-order valence-electron chi connectivity index (χ1n) is 10.1. The minimum absolute atomic E-state index is 0.0363. The topological polar surface area (TPSA) is 111 Å². The van der Waals surface area contributed by atoms with E-state index in [1.165, 1.54) is 32.8 Å². The van der Waals surface area contributed by atoms with Crippen LogP contribution in [-0.2, 0) is 0 Å². The Kier molecular flexibility index (Phi) is 9.36. The van der Waals surface area contributed by atoms with Crippen molar-refractivity contribution in [2.75, 3.05) is 51.2 Å². The third-order valence-electron chi connectivity index (χ3n) is 5.07. The molecule has 0 spiro atoms. The lowest BCUT2D eigenvalue weighted by Gasteiger charge is -2.28. The van der Waals surface area contributed by atoms with Crippen molar-refractivity contribution < 1.29 is 19.3 Å². The Hall–Kier alpha value is -2.98. The van der Waals surface area contributed by atoms with Gasteiger partial charge < -0.3 is 19.3 Å². The van der Waals surface area contributed by atoms with E-state index >= 15 is 0 Å². The largest absolute Gasteiger partial charge is 0.495 e. The van der Waals surface area contributed by atoms with E-state index in [-0.39, 0.29) is 21.4 Å². The van der Waals surface area contributed by atoms with Gasteiger partial charge in [0, 0.05) is 51.5 Å². The SMILES string of the molecule is COc1cc(N(C)C)c([N+](=O)[O-])cc1Cl.COc1cc(N2CCCCC2)c([N+](=O)[O-])cc1Cl. The van der Waals surface area contributed by atoms with Gasteiger partial charge in [0.15, 0.2) is 0 Å². The molecule has 0 unspecified atom stereocenters. The summed E-state index contributed by atoms with van der Waals surface area (Å²) in [6.07, 6.45) is 3.29. The average Bonchev–Trinajstić information content (AvgIpc) is 2.79. The molecule has 0 aromatic heterocycles. The van der Waals surface area contributed by atoms with Gasteiger partial charge in [-0.3, -0.25) is 20.2 Å². The maximum atomic E-state index is 11.1. The van der Waals surface area contributed by atoms with Crippen molar-refractivity contribution in [3.63, 3.8) is 0 Å². The highest BCUT2D eigenvalue weighted by Gasteiger charge is 2.24. The Labute approximate surface area is 201 Å². The molecule has 0 atom stereocenters. The predicted octanol–water partition coefficient (Wildman–Crippen LogP) is 5.57. The molecule has 12 heteroatoms. The second-order valence-electron chi connectivity index (χ2n) is 7.41. The number of nitrogens with zero attached hydrogens (tertiary/aromatic N) is 4. The second kappa shape index (κ2) is 11.8. The summed E-state index contributed by atoms with van der Waals surface area (Å²) < 4.78 is 10.1. The molecule has 1 fully saturated rings. The molecule has 180 valence electrons. The van der Waals surface area contributed by atoms with Crippen molar-refractivity contribution in [3.05, 3.63) is 54.5 Å². The van der Waals surface area contributed by atoms with E-state index < -0.39 is 9.85 Å². The molecule has 2 aromatic carbocycles. The molecule has 2 aromatic rings. The van der Waals surface area contributed by atoms with Gasteiger partial charge in [-0.2, -0.15) is 0 Å². The van der Waals surface area contributed by atoms with Crippen LogP contribution in [0.25, 0.3) is 0 Å². The number of rotatable bonds is 6. The highest BCUT2D eigenvalue weighted by Crippen LogP contribution is 2.39. The lowest BCUT2D eigenvalue weighted by atomic mass is 10.1. The molecule has 1 aliphatic rings. The fraction of sp³-hybridized carbons (Fsp3) is 0.429. The first-order chi connectivity index (χ1) is 15.6. The molecular formula is C21H26Cl2N4O6. The molecule has 0 bridgehead atoms. The molecule has 1 saturated heterocycles. The van der Waals surface area contributed by atoms with E-state index in [0.29, 0.717) is 22.9 Å². The monoisotopic (exact) mass is 500 g/mol. The number of nitro benzene ring substituents is 2.